The van der Waals surface area contributed by atoms with Crippen molar-refractivity contribution in [3.63, 3.8) is 0 Å². The van der Waals surface area contributed by atoms with E-state index in [2.05, 4.69) is 17.5 Å². The minimum Gasteiger partial charge on any atom is -0.351 e. The fourth-order valence-electron chi connectivity index (χ4n) is 0.144. The third-order valence-electron chi connectivity index (χ3n) is 0.256. The maximum Gasteiger partial charge on any atom is 0.319 e. The molecule has 48 valence electrons. The first kappa shape index (κ1) is 7.84. The first-order chi connectivity index (χ1) is 3.42. The summed E-state index contributed by atoms with van der Waals surface area (Å²) in [5, 5.41) is 1.56. The number of hydrogen-bond acceptors (Lipinski definition) is 2. The van der Waals surface area contributed by atoms with E-state index < -0.39 is 12.7 Å². The Bertz CT molecular complexity index is 140. The summed E-state index contributed by atoms with van der Waals surface area (Å²) in [5.74, 6) is 0. The fourth-order valence-corrected chi connectivity index (χ4v) is 0.701. The van der Waals surface area contributed by atoms with Crippen molar-refractivity contribution in [1.82, 2.24) is 5.09 Å². The summed E-state index contributed by atoms with van der Waals surface area (Å²) in [5.41, 5.74) is 4.47. The molecule has 5 nitrogen and oxygen atoms in total. The number of urea groups is 1. The molecule has 0 fully saturated rings. The first-order valence-corrected chi connectivity index (χ1v) is 4.26. The van der Waals surface area contributed by atoms with Gasteiger partial charge in [-0.05, 0) is 11.8 Å². The van der Waals surface area contributed by atoms with E-state index in [1.54, 1.807) is 5.09 Å². The minimum atomic E-state index is -3.61. The van der Waals surface area contributed by atoms with Crippen molar-refractivity contribution in [2.75, 3.05) is 0 Å². The maximum absolute atomic E-state index is 9.77. The van der Waals surface area contributed by atoms with Crippen molar-refractivity contribution in [2.24, 2.45) is 5.73 Å². The molecule has 0 aromatic heterocycles. The van der Waals surface area contributed by atoms with Gasteiger partial charge in [0.15, 0.2) is 0 Å². The van der Waals surface area contributed by atoms with Gasteiger partial charge >= 0.3 is 6.03 Å². The highest BCUT2D eigenvalue weighted by atomic mass is 32.5. The van der Waals surface area contributed by atoms with Gasteiger partial charge in [0.1, 0.15) is 0 Å². The maximum atomic E-state index is 9.77. The lowest BCUT2D eigenvalue weighted by Crippen LogP contribution is -2.25. The van der Waals surface area contributed by atoms with Gasteiger partial charge in [0.2, 0.25) is 0 Å². The Labute approximate surface area is 50.7 Å². The van der Waals surface area contributed by atoms with Crippen LogP contribution in [-0.4, -0.2) is 15.8 Å². The zero-order chi connectivity index (χ0) is 6.78. The number of carbonyl (C=O) groups is 1. The third-order valence-corrected chi connectivity index (χ3v) is 1.04. The molecule has 0 saturated heterocycles. The number of primary amides is 1. The lowest BCUT2D eigenvalue weighted by molar-refractivity contribution is 0.252. The van der Waals surface area contributed by atoms with Crippen LogP contribution in [0.25, 0.3) is 0 Å². The third kappa shape index (κ3) is 5.84. The van der Waals surface area contributed by atoms with E-state index in [4.69, 9.17) is 9.79 Å². The molecule has 0 bridgehead atoms. The zero-order valence-corrected chi connectivity index (χ0v) is 5.45. The Balaban J connectivity index is 3.74. The summed E-state index contributed by atoms with van der Waals surface area (Å²) in [6.45, 7) is -3.61. The predicted octanol–water partition coefficient (Wildman–Crippen LogP) is -1.14. The van der Waals surface area contributed by atoms with Gasteiger partial charge in [-0.2, -0.15) is 0 Å². The molecule has 0 aliphatic heterocycles. The highest BCUT2D eigenvalue weighted by Gasteiger charge is 2.06. The number of nitrogens with one attached hydrogen (secondary N) is 1. The quantitative estimate of drug-likeness (QED) is 0.361. The molecule has 2 amide bonds. The smallest absolute Gasteiger partial charge is 0.319 e. The molecule has 0 aromatic rings. The molecule has 8 heavy (non-hydrogen) atoms. The van der Waals surface area contributed by atoms with Crippen molar-refractivity contribution in [3.8, 4) is 0 Å². The van der Waals surface area contributed by atoms with Gasteiger partial charge in [-0.3, -0.25) is 5.09 Å². The molecule has 7 heteroatoms. The van der Waals surface area contributed by atoms with Crippen molar-refractivity contribution in [2.45, 2.75) is 0 Å². The second kappa shape index (κ2) is 2.41. The summed E-state index contributed by atoms with van der Waals surface area (Å²) >= 11 is 3.97. The average Bonchev–Trinajstić information content (AvgIpc) is 1.21. The number of carbonyl (C=O) groups excluding carboxylic acids is 1. The van der Waals surface area contributed by atoms with E-state index in [9.17, 15) is 4.79 Å². The molecule has 0 saturated carbocycles. The normalized spacial score (nSPS) is 10.8. The molecule has 0 rings (SSSR count). The molecule has 0 spiro atoms. The van der Waals surface area contributed by atoms with Crippen molar-refractivity contribution in [1.29, 1.82) is 0 Å². The minimum absolute atomic E-state index is 1.03. The second-order valence-electron chi connectivity index (χ2n) is 1.02. The molecule has 0 aliphatic rings. The molecule has 0 radical (unpaired) electrons. The number of rotatable bonds is 1. The van der Waals surface area contributed by atoms with Gasteiger partial charge in [0.25, 0.3) is 6.64 Å². The Hall–Kier alpha value is -0.160. The molecular weight excluding hydrogens is 151 g/mol. The van der Waals surface area contributed by atoms with Gasteiger partial charge in [-0.1, -0.05) is 0 Å². The summed E-state index contributed by atoms with van der Waals surface area (Å²) in [4.78, 5) is 26.3. The lowest BCUT2D eigenvalue weighted by atomic mass is 11.2. The largest absolute Gasteiger partial charge is 0.351 e. The second-order valence-corrected chi connectivity index (χ2v) is 3.86. The van der Waals surface area contributed by atoms with Gasteiger partial charge in [0.05, 0.1) is 0 Å². The summed E-state index contributed by atoms with van der Waals surface area (Å²) < 4.78 is 0. The zero-order valence-electron chi connectivity index (χ0n) is 3.74. The highest BCUT2D eigenvalue weighted by Crippen LogP contribution is 2.27. The average molecular weight is 156 g/mol. The Kier molecular flexibility index (Phi) is 2.36. The number of nitrogens with two attached hydrogens (primary N) is 1. The standard InChI is InChI=1S/CH5N2O3PS/c2-1(4)3-7(5,6)8/h(H5,2,3,4,5,6,8). The SMILES string of the molecule is NC(=O)NP(O)(O)=S. The Morgan fingerprint density at radius 3 is 2.12 bits per heavy atom. The van der Waals surface area contributed by atoms with Crippen LogP contribution >= 0.6 is 6.64 Å². The molecule has 5 N–H and O–H groups in total. The van der Waals surface area contributed by atoms with Crippen LogP contribution in [0.4, 0.5) is 4.79 Å². The predicted molar refractivity (Wildman–Crippen MR) is 31.4 cm³/mol. The Morgan fingerprint density at radius 1 is 1.75 bits per heavy atom. The van der Waals surface area contributed by atoms with Gasteiger partial charge in [-0.25, -0.2) is 4.79 Å². The van der Waals surface area contributed by atoms with Crippen LogP contribution in [0, 0.1) is 0 Å². The van der Waals surface area contributed by atoms with Crippen molar-refractivity contribution >= 4 is 24.5 Å². The van der Waals surface area contributed by atoms with Crippen LogP contribution in [0.3, 0.4) is 0 Å². The van der Waals surface area contributed by atoms with E-state index in [1.807, 2.05) is 0 Å². The van der Waals surface area contributed by atoms with Crippen LogP contribution in [0.5, 0.6) is 0 Å². The number of hydrogen-bond donors (Lipinski definition) is 4. The van der Waals surface area contributed by atoms with E-state index in [1.165, 1.54) is 0 Å². The molecule has 0 unspecified atom stereocenters. The van der Waals surface area contributed by atoms with Crippen molar-refractivity contribution in [3.05, 3.63) is 0 Å². The highest BCUT2D eigenvalue weighted by molar-refractivity contribution is 8.08. The van der Waals surface area contributed by atoms with E-state index in [0.717, 1.165) is 0 Å². The summed E-state index contributed by atoms with van der Waals surface area (Å²) in [7, 11) is 0. The topological polar surface area (TPSA) is 95.6 Å². The monoisotopic (exact) mass is 156 g/mol. The lowest BCUT2D eigenvalue weighted by Gasteiger charge is -2.04. The molecule has 0 heterocycles. The first-order valence-electron chi connectivity index (χ1n) is 1.55. The van der Waals surface area contributed by atoms with E-state index in [0.29, 0.717) is 0 Å². The van der Waals surface area contributed by atoms with E-state index in [-0.39, 0.29) is 0 Å². The van der Waals surface area contributed by atoms with Crippen LogP contribution in [0.1, 0.15) is 0 Å². The van der Waals surface area contributed by atoms with Crippen LogP contribution < -0.4 is 10.8 Å². The summed E-state index contributed by atoms with van der Waals surface area (Å²) in [6, 6.07) is -1.03. The molecule has 0 aromatic carbocycles. The van der Waals surface area contributed by atoms with Gasteiger partial charge in [0, 0.05) is 0 Å². The van der Waals surface area contributed by atoms with Crippen LogP contribution in [0.2, 0.25) is 0 Å². The molecular formula is CH5N2O3PS. The molecule has 0 aliphatic carbocycles. The van der Waals surface area contributed by atoms with Crippen LogP contribution in [-0.2, 0) is 11.8 Å². The van der Waals surface area contributed by atoms with Crippen molar-refractivity contribution < 1.29 is 14.6 Å². The number of amides is 2. The van der Waals surface area contributed by atoms with Crippen LogP contribution in [0.15, 0.2) is 0 Å². The fraction of sp³-hybridized carbons (Fsp3) is 0. The van der Waals surface area contributed by atoms with Gasteiger partial charge < -0.3 is 15.5 Å². The van der Waals surface area contributed by atoms with Gasteiger partial charge in [-0.15, -0.1) is 0 Å². The molecule has 0 atom stereocenters. The Morgan fingerprint density at radius 2 is 2.12 bits per heavy atom. The van der Waals surface area contributed by atoms with E-state index >= 15 is 0 Å². The summed E-state index contributed by atoms with van der Waals surface area (Å²) in [6.07, 6.45) is 0.